The van der Waals surface area contributed by atoms with Gasteiger partial charge in [0.15, 0.2) is 5.84 Å². The van der Waals surface area contributed by atoms with Crippen molar-refractivity contribution in [3.63, 3.8) is 0 Å². The molecule has 6 nitrogen and oxygen atoms in total. The summed E-state index contributed by atoms with van der Waals surface area (Å²) in [6.45, 7) is 0.450. The average molecular weight is 439 g/mol. The summed E-state index contributed by atoms with van der Waals surface area (Å²) in [6.07, 6.45) is 1.65. The molecule has 2 heterocycles. The van der Waals surface area contributed by atoms with Gasteiger partial charge in [0, 0.05) is 5.56 Å². The third kappa shape index (κ3) is 4.10. The number of aliphatic imine (C=N–C) groups is 1. The van der Waals surface area contributed by atoms with E-state index in [-0.39, 0.29) is 11.4 Å². The second kappa shape index (κ2) is 8.64. The van der Waals surface area contributed by atoms with Gasteiger partial charge in [-0.3, -0.25) is 10.2 Å². The van der Waals surface area contributed by atoms with E-state index in [2.05, 4.69) is 10.1 Å². The SMILES string of the molecule is N=C1C(=Cc2cccc(OCc3ccccc3)c2)C(=O)N=C2SC(c3ccccc3)=NN12. The van der Waals surface area contributed by atoms with E-state index in [9.17, 15) is 4.79 Å². The van der Waals surface area contributed by atoms with Crippen molar-refractivity contribution in [3.8, 4) is 5.75 Å². The Morgan fingerprint density at radius 2 is 1.72 bits per heavy atom. The van der Waals surface area contributed by atoms with E-state index in [4.69, 9.17) is 10.1 Å². The van der Waals surface area contributed by atoms with Crippen LogP contribution in [0.25, 0.3) is 6.08 Å². The van der Waals surface area contributed by atoms with Gasteiger partial charge >= 0.3 is 0 Å². The Balaban J connectivity index is 1.37. The van der Waals surface area contributed by atoms with E-state index in [0.717, 1.165) is 16.7 Å². The maximum Gasteiger partial charge on any atom is 0.283 e. The quantitative estimate of drug-likeness (QED) is 0.573. The standard InChI is InChI=1S/C25H18N4O2S/c26-22-21(15-18-10-7-13-20(14-18)31-16-17-8-3-1-4-9-17)23(30)27-25-29(22)28-24(32-25)19-11-5-2-6-12-19/h1-15,26H,16H2. The summed E-state index contributed by atoms with van der Waals surface area (Å²) in [4.78, 5) is 16.8. The van der Waals surface area contributed by atoms with Gasteiger partial charge in [-0.1, -0.05) is 72.8 Å². The summed E-state index contributed by atoms with van der Waals surface area (Å²) in [5.74, 6) is 0.242. The molecule has 0 unspecified atom stereocenters. The van der Waals surface area contributed by atoms with Crippen LogP contribution in [-0.2, 0) is 11.4 Å². The summed E-state index contributed by atoms with van der Waals surface area (Å²) >= 11 is 1.29. The van der Waals surface area contributed by atoms with Gasteiger partial charge in [0.05, 0.1) is 5.57 Å². The molecule has 0 aromatic heterocycles. The third-order valence-electron chi connectivity index (χ3n) is 4.89. The number of amides is 1. The molecule has 3 aromatic rings. The number of nitrogens with zero attached hydrogens (tertiary/aromatic N) is 3. The Morgan fingerprint density at radius 1 is 0.969 bits per heavy atom. The predicted octanol–water partition coefficient (Wildman–Crippen LogP) is 4.93. The molecule has 1 N–H and O–H groups in total. The molecule has 0 atom stereocenters. The molecule has 0 saturated heterocycles. The molecule has 156 valence electrons. The number of fused-ring (bicyclic) bond motifs is 1. The summed E-state index contributed by atoms with van der Waals surface area (Å²) in [7, 11) is 0. The van der Waals surface area contributed by atoms with Crippen LogP contribution in [0.3, 0.4) is 0 Å². The normalized spacial score (nSPS) is 16.6. The van der Waals surface area contributed by atoms with Crippen LogP contribution in [0.1, 0.15) is 16.7 Å². The van der Waals surface area contributed by atoms with Crippen LogP contribution >= 0.6 is 11.8 Å². The van der Waals surface area contributed by atoms with E-state index >= 15 is 0 Å². The van der Waals surface area contributed by atoms with Gasteiger partial charge in [0.25, 0.3) is 5.91 Å². The van der Waals surface area contributed by atoms with Crippen molar-refractivity contribution in [1.29, 1.82) is 5.41 Å². The Morgan fingerprint density at radius 3 is 2.50 bits per heavy atom. The van der Waals surface area contributed by atoms with Crippen LogP contribution in [0.4, 0.5) is 0 Å². The van der Waals surface area contributed by atoms with E-state index in [1.807, 2.05) is 84.9 Å². The van der Waals surface area contributed by atoms with Gasteiger partial charge < -0.3 is 4.74 Å². The van der Waals surface area contributed by atoms with Crippen molar-refractivity contribution in [2.75, 3.05) is 0 Å². The van der Waals surface area contributed by atoms with Crippen molar-refractivity contribution >= 4 is 39.8 Å². The van der Waals surface area contributed by atoms with Gasteiger partial charge in [-0.25, -0.2) is 0 Å². The highest BCUT2D eigenvalue weighted by molar-refractivity contribution is 8.27. The summed E-state index contributed by atoms with van der Waals surface area (Å²) in [5.41, 5.74) is 2.93. The Kier molecular flexibility index (Phi) is 5.39. The number of amidine groups is 2. The zero-order valence-electron chi connectivity index (χ0n) is 16.9. The highest BCUT2D eigenvalue weighted by Gasteiger charge is 2.35. The molecule has 0 aliphatic carbocycles. The average Bonchev–Trinajstić information content (AvgIpc) is 3.26. The van der Waals surface area contributed by atoms with Crippen molar-refractivity contribution in [3.05, 3.63) is 107 Å². The van der Waals surface area contributed by atoms with Gasteiger partial charge in [-0.15, -0.1) is 0 Å². The number of hydrazone groups is 1. The zero-order chi connectivity index (χ0) is 21.9. The molecule has 3 aromatic carbocycles. The molecular weight excluding hydrogens is 420 g/mol. The van der Waals surface area contributed by atoms with E-state index < -0.39 is 5.91 Å². The van der Waals surface area contributed by atoms with Gasteiger partial charge in [0.2, 0.25) is 5.17 Å². The van der Waals surface area contributed by atoms with Gasteiger partial charge in [0.1, 0.15) is 17.4 Å². The first kappa shape index (κ1) is 20.0. The minimum absolute atomic E-state index is 0.00837. The lowest BCUT2D eigenvalue weighted by Crippen LogP contribution is -2.35. The fraction of sp³-hybridized carbons (Fsp3) is 0.0400. The number of nitrogens with one attached hydrogen (secondary N) is 1. The maximum atomic E-state index is 12.7. The third-order valence-corrected chi connectivity index (χ3v) is 5.85. The first-order valence-corrected chi connectivity index (χ1v) is 10.8. The van der Waals surface area contributed by atoms with Crippen molar-refractivity contribution in [2.24, 2.45) is 10.1 Å². The first-order chi connectivity index (χ1) is 15.7. The fourth-order valence-corrected chi connectivity index (χ4v) is 4.19. The number of thioether (sulfide) groups is 1. The summed E-state index contributed by atoms with van der Waals surface area (Å²) in [5, 5.41) is 15.6. The highest BCUT2D eigenvalue weighted by Crippen LogP contribution is 2.31. The van der Waals surface area contributed by atoms with Crippen molar-refractivity contribution in [2.45, 2.75) is 6.61 Å². The second-order valence-electron chi connectivity index (χ2n) is 7.14. The molecule has 1 amide bonds. The van der Waals surface area contributed by atoms with E-state index in [1.54, 1.807) is 6.08 Å². The van der Waals surface area contributed by atoms with Crippen LogP contribution in [-0.4, -0.2) is 27.0 Å². The molecule has 0 saturated carbocycles. The molecule has 0 fully saturated rings. The van der Waals surface area contributed by atoms with Crippen LogP contribution in [0.15, 0.2) is 101 Å². The second-order valence-corrected chi connectivity index (χ2v) is 8.09. The van der Waals surface area contributed by atoms with E-state index in [0.29, 0.717) is 22.6 Å². The Hall–Kier alpha value is -3.97. The number of hydrogen-bond donors (Lipinski definition) is 1. The molecule has 7 heteroatoms. The number of carbonyl (C=O) groups is 1. The van der Waals surface area contributed by atoms with Gasteiger partial charge in [-0.05, 0) is 41.1 Å². The minimum Gasteiger partial charge on any atom is -0.489 e. The first-order valence-electron chi connectivity index (χ1n) is 10.00. The Bertz CT molecular complexity index is 1280. The topological polar surface area (TPSA) is 78.1 Å². The molecule has 0 radical (unpaired) electrons. The number of hydrogen-bond acceptors (Lipinski definition) is 5. The smallest absolute Gasteiger partial charge is 0.283 e. The number of carbonyl (C=O) groups excluding carboxylic acids is 1. The lowest BCUT2D eigenvalue weighted by molar-refractivity contribution is -0.114. The predicted molar refractivity (Wildman–Crippen MR) is 128 cm³/mol. The minimum atomic E-state index is -0.450. The van der Waals surface area contributed by atoms with Crippen LogP contribution in [0, 0.1) is 5.41 Å². The van der Waals surface area contributed by atoms with Crippen molar-refractivity contribution in [1.82, 2.24) is 5.01 Å². The maximum absolute atomic E-state index is 12.7. The van der Waals surface area contributed by atoms with Crippen LogP contribution < -0.4 is 4.74 Å². The Labute approximate surface area is 189 Å². The largest absolute Gasteiger partial charge is 0.489 e. The summed E-state index contributed by atoms with van der Waals surface area (Å²) in [6, 6.07) is 27.0. The fourth-order valence-electron chi connectivity index (χ4n) is 3.29. The molecule has 32 heavy (non-hydrogen) atoms. The molecule has 2 aliphatic heterocycles. The van der Waals surface area contributed by atoms with Crippen molar-refractivity contribution < 1.29 is 9.53 Å². The lowest BCUT2D eigenvalue weighted by atomic mass is 10.1. The zero-order valence-corrected chi connectivity index (χ0v) is 17.8. The highest BCUT2D eigenvalue weighted by atomic mass is 32.2. The summed E-state index contributed by atoms with van der Waals surface area (Å²) < 4.78 is 5.88. The lowest BCUT2D eigenvalue weighted by Gasteiger charge is -2.20. The molecule has 0 spiro atoms. The monoisotopic (exact) mass is 438 g/mol. The van der Waals surface area contributed by atoms with E-state index in [1.165, 1.54) is 16.8 Å². The number of ether oxygens (including phenoxy) is 1. The van der Waals surface area contributed by atoms with Crippen LogP contribution in [0.5, 0.6) is 5.75 Å². The number of benzene rings is 3. The van der Waals surface area contributed by atoms with Gasteiger partial charge in [-0.2, -0.15) is 15.1 Å². The van der Waals surface area contributed by atoms with Crippen LogP contribution in [0.2, 0.25) is 0 Å². The molecule has 2 aliphatic rings. The molecular formula is C25H18N4O2S. The molecule has 5 rings (SSSR count). The molecule has 0 bridgehead atoms. The number of rotatable bonds is 5.